The molecule has 0 saturated carbocycles. The summed E-state index contributed by atoms with van der Waals surface area (Å²) in [6.45, 7) is 3.50. The van der Waals surface area contributed by atoms with Crippen molar-refractivity contribution in [1.82, 2.24) is 0 Å². The summed E-state index contributed by atoms with van der Waals surface area (Å²) in [5, 5.41) is 6.50. The second kappa shape index (κ2) is 15.9. The van der Waals surface area contributed by atoms with Gasteiger partial charge in [-0.3, -0.25) is 9.13 Å². The maximum Gasteiger partial charge on any atom is 0.314 e. The summed E-state index contributed by atoms with van der Waals surface area (Å²) in [7, 11) is -6.26. The highest BCUT2D eigenvalue weighted by molar-refractivity contribution is 7.31. The topological polar surface area (TPSA) is 139 Å². The first-order valence-corrected chi connectivity index (χ1v) is 4.17. The molecular formula is CH7NO6P2. The van der Waals surface area contributed by atoms with E-state index < -0.39 is 16.5 Å². The minimum absolute atomic E-state index is 3.13. The number of hydrogen-bond acceptors (Lipinski definition) is 3. The molecule has 0 heterocycles. The first-order valence-electron chi connectivity index (χ1n) is 1.56. The van der Waals surface area contributed by atoms with E-state index in [1.807, 2.05) is 0 Å². The van der Waals surface area contributed by atoms with Gasteiger partial charge in [0.15, 0.2) is 0 Å². The Hall–Kier alpha value is -0.210. The zero-order chi connectivity index (χ0) is 9.15. The zero-order valence-electron chi connectivity index (χ0n) is 4.63. The summed E-state index contributed by atoms with van der Waals surface area (Å²) in [6, 6.07) is 0. The summed E-state index contributed by atoms with van der Waals surface area (Å²) in [5.41, 5.74) is 0. The fraction of sp³-hybridized carbons (Fsp3) is 0. The van der Waals surface area contributed by atoms with Gasteiger partial charge in [-0.05, 0) is 0 Å². The van der Waals surface area contributed by atoms with Crippen molar-refractivity contribution in [3.05, 3.63) is 0 Å². The Morgan fingerprint density at radius 3 is 0.900 bits per heavy atom. The minimum Gasteiger partial charge on any atom is -0.326 e. The maximum atomic E-state index is 8.74. The largest absolute Gasteiger partial charge is 0.326 e. The van der Waals surface area contributed by atoms with Gasteiger partial charge in [-0.1, -0.05) is 0 Å². The van der Waals surface area contributed by atoms with Crippen LogP contribution in [0.4, 0.5) is 0 Å². The van der Waals surface area contributed by atoms with Crippen molar-refractivity contribution in [2.45, 2.75) is 0 Å². The van der Waals surface area contributed by atoms with Gasteiger partial charge in [-0.2, -0.15) is 0 Å². The third-order valence-electron chi connectivity index (χ3n) is 0. The second-order valence-corrected chi connectivity index (χ2v) is 1.70. The lowest BCUT2D eigenvalue weighted by Crippen LogP contribution is -1.38. The van der Waals surface area contributed by atoms with Crippen LogP contribution in [0, 0.1) is 11.8 Å². The predicted molar refractivity (Wildman–Crippen MR) is 33.5 cm³/mol. The minimum atomic E-state index is -3.13. The molecule has 0 aliphatic carbocycles. The molecule has 0 unspecified atom stereocenters. The van der Waals surface area contributed by atoms with Gasteiger partial charge in [-0.15, -0.1) is 0 Å². The van der Waals surface area contributed by atoms with E-state index in [1.165, 1.54) is 0 Å². The lowest BCUT2D eigenvalue weighted by Gasteiger charge is -1.61. The Bertz CT molecular complexity index is 100. The second-order valence-electron chi connectivity index (χ2n) is 0.565. The van der Waals surface area contributed by atoms with Crippen LogP contribution in [0.2, 0.25) is 0 Å². The third-order valence-corrected chi connectivity index (χ3v) is 0. The van der Waals surface area contributed by atoms with E-state index in [1.54, 1.807) is 0 Å². The Balaban J connectivity index is -0.0000000787. The highest BCUT2D eigenvalue weighted by Gasteiger charge is 1.62. The average molecular weight is 191 g/mol. The monoisotopic (exact) mass is 191 g/mol. The summed E-state index contributed by atoms with van der Waals surface area (Å²) < 4.78 is 17.5. The van der Waals surface area contributed by atoms with Crippen molar-refractivity contribution in [3.8, 4) is 6.57 Å². The van der Waals surface area contributed by atoms with E-state index in [9.17, 15) is 0 Å². The van der Waals surface area contributed by atoms with E-state index >= 15 is 0 Å². The van der Waals surface area contributed by atoms with E-state index in [0.717, 1.165) is 0 Å². The van der Waals surface area contributed by atoms with Gasteiger partial charge < -0.3 is 19.6 Å². The summed E-state index contributed by atoms with van der Waals surface area (Å²) in [5.74, 6) is 0. The molecule has 0 aromatic carbocycles. The summed E-state index contributed by atoms with van der Waals surface area (Å²) in [4.78, 5) is 28.6. The van der Waals surface area contributed by atoms with Crippen LogP contribution in [0.25, 0.3) is 0 Å². The highest BCUT2D eigenvalue weighted by Crippen LogP contribution is 1.98. The van der Waals surface area contributed by atoms with E-state index in [4.69, 9.17) is 34.0 Å². The maximum absolute atomic E-state index is 8.74. The van der Waals surface area contributed by atoms with Crippen molar-refractivity contribution >= 4 is 16.5 Å². The van der Waals surface area contributed by atoms with E-state index in [2.05, 4.69) is 6.57 Å². The van der Waals surface area contributed by atoms with Gasteiger partial charge >= 0.3 is 16.5 Å². The van der Waals surface area contributed by atoms with Crippen LogP contribution in [0.15, 0.2) is 0 Å². The molecule has 4 N–H and O–H groups in total. The normalized spacial score (nSPS) is 7.20. The zero-order valence-corrected chi connectivity index (χ0v) is 6.63. The molecule has 0 saturated heterocycles. The Morgan fingerprint density at radius 2 is 0.900 bits per heavy atom. The number of nitrogens with zero attached hydrogens (tertiary/aromatic N) is 1. The molecule has 62 valence electrons. The fourth-order valence-corrected chi connectivity index (χ4v) is 0. The third kappa shape index (κ3) is 8140. The number of rotatable bonds is 0. The molecule has 0 rings (SSSR count). The van der Waals surface area contributed by atoms with Crippen molar-refractivity contribution in [2.24, 2.45) is 0 Å². The molecule has 0 aromatic rings. The Labute approximate surface area is 58.1 Å². The SMILES string of the molecule is C#N.O=[PH](O)O.O=[PH](O)O. The average Bonchev–Trinajstić information content (AvgIpc) is 1.66. The number of nitriles is 1. The van der Waals surface area contributed by atoms with Crippen molar-refractivity contribution in [3.63, 3.8) is 0 Å². The highest BCUT2D eigenvalue weighted by atomic mass is 31.1. The molecule has 0 amide bonds. The molecule has 0 radical (unpaired) electrons. The molecular weight excluding hydrogens is 184 g/mol. The van der Waals surface area contributed by atoms with Gasteiger partial charge in [0.2, 0.25) is 0 Å². The van der Waals surface area contributed by atoms with Crippen LogP contribution < -0.4 is 0 Å². The lowest BCUT2D eigenvalue weighted by molar-refractivity contribution is 0.403. The van der Waals surface area contributed by atoms with Crippen LogP contribution in [-0.2, 0) is 9.13 Å². The van der Waals surface area contributed by atoms with Crippen LogP contribution >= 0.6 is 16.5 Å². The van der Waals surface area contributed by atoms with Crippen LogP contribution in [0.3, 0.4) is 0 Å². The molecule has 0 spiro atoms. The van der Waals surface area contributed by atoms with Crippen molar-refractivity contribution in [1.29, 1.82) is 5.26 Å². The summed E-state index contributed by atoms with van der Waals surface area (Å²) >= 11 is 0. The van der Waals surface area contributed by atoms with E-state index in [-0.39, 0.29) is 0 Å². The van der Waals surface area contributed by atoms with Gasteiger partial charge in [-0.25, -0.2) is 5.26 Å². The molecule has 0 aromatic heterocycles. The first kappa shape index (κ1) is 16.4. The molecule has 0 bridgehead atoms. The van der Waals surface area contributed by atoms with Crippen molar-refractivity contribution in [2.75, 3.05) is 0 Å². The van der Waals surface area contributed by atoms with Gasteiger partial charge in [0.05, 0.1) is 0 Å². The van der Waals surface area contributed by atoms with Gasteiger partial charge in [0.1, 0.15) is 0 Å². The van der Waals surface area contributed by atoms with Crippen LogP contribution in [0.5, 0.6) is 0 Å². The molecule has 0 fully saturated rings. The number of hydrogen-bond donors (Lipinski definition) is 4. The fourth-order valence-electron chi connectivity index (χ4n) is 0. The van der Waals surface area contributed by atoms with Gasteiger partial charge in [0.25, 0.3) is 0 Å². The summed E-state index contributed by atoms with van der Waals surface area (Å²) in [6.07, 6.45) is 0. The Morgan fingerprint density at radius 1 is 0.900 bits per heavy atom. The smallest absolute Gasteiger partial charge is 0.314 e. The van der Waals surface area contributed by atoms with Gasteiger partial charge in [0, 0.05) is 6.57 Å². The van der Waals surface area contributed by atoms with Crippen LogP contribution in [-0.4, -0.2) is 19.6 Å². The first-order chi connectivity index (χ1) is 4.46. The van der Waals surface area contributed by atoms with Crippen molar-refractivity contribution < 1.29 is 28.7 Å². The molecule has 9 heteroatoms. The van der Waals surface area contributed by atoms with E-state index in [0.29, 0.717) is 0 Å². The van der Waals surface area contributed by atoms with Crippen LogP contribution in [0.1, 0.15) is 0 Å². The standard InChI is InChI=1S/CHN.2H3O3P/c1-2;2*1-4(2)3/h1H;2*4H,(H2,1,2,3). The molecule has 0 aliphatic heterocycles. The lowest BCUT2D eigenvalue weighted by atomic mass is 11.9. The Kier molecular flexibility index (Phi) is 26.1. The molecule has 0 aliphatic rings. The predicted octanol–water partition coefficient (Wildman–Crippen LogP) is -1.14. The molecule has 7 nitrogen and oxygen atoms in total. The molecule has 10 heavy (non-hydrogen) atoms. The quantitative estimate of drug-likeness (QED) is 0.355. The molecule has 0 atom stereocenters.